The van der Waals surface area contributed by atoms with Crippen LogP contribution in [0.1, 0.15) is 56.2 Å². The molecule has 5 nitrogen and oxygen atoms in total. The molecule has 1 atom stereocenters. The number of para-hydroxylation sites is 1. The Bertz CT molecular complexity index is 716. The van der Waals surface area contributed by atoms with Crippen molar-refractivity contribution in [2.75, 3.05) is 6.54 Å². The molecule has 2 heterocycles. The number of nitrogens with zero attached hydrogens (tertiary/aromatic N) is 2. The van der Waals surface area contributed by atoms with Crippen LogP contribution >= 0.6 is 24.8 Å². The number of aromatic amines is 1. The lowest BCUT2D eigenvalue weighted by molar-refractivity contribution is 0.0884. The maximum absolute atomic E-state index is 11.6. The molecule has 2 aromatic rings. The van der Waals surface area contributed by atoms with Crippen LogP contribution < -0.4 is 5.73 Å². The number of aromatic nitrogens is 2. The van der Waals surface area contributed by atoms with Gasteiger partial charge in [0, 0.05) is 6.04 Å². The molecular formula is C17H26Cl2N4O. The number of fused-ring (bicyclic) bond motifs is 1. The highest BCUT2D eigenvalue weighted by molar-refractivity contribution is 6.04. The van der Waals surface area contributed by atoms with Gasteiger partial charge in [-0.15, -0.1) is 24.8 Å². The molecule has 0 spiro atoms. The monoisotopic (exact) mass is 372 g/mol. The highest BCUT2D eigenvalue weighted by atomic mass is 35.5. The smallest absolute Gasteiger partial charge is 0.250 e. The molecule has 1 amide bonds. The summed E-state index contributed by atoms with van der Waals surface area (Å²) in [4.78, 5) is 22.4. The maximum Gasteiger partial charge on any atom is 0.250 e. The van der Waals surface area contributed by atoms with E-state index in [-0.39, 0.29) is 30.4 Å². The van der Waals surface area contributed by atoms with Crippen LogP contribution in [0, 0.1) is 0 Å². The van der Waals surface area contributed by atoms with E-state index in [1.54, 1.807) is 6.07 Å². The fraction of sp³-hybridized carbons (Fsp3) is 0.529. The first-order valence-corrected chi connectivity index (χ1v) is 8.05. The molecule has 0 aliphatic carbocycles. The number of amides is 1. The van der Waals surface area contributed by atoms with Crippen molar-refractivity contribution < 1.29 is 4.79 Å². The van der Waals surface area contributed by atoms with Gasteiger partial charge in [-0.3, -0.25) is 9.69 Å². The predicted molar refractivity (Wildman–Crippen MR) is 102 cm³/mol. The minimum atomic E-state index is -0.429. The van der Waals surface area contributed by atoms with Crippen molar-refractivity contribution in [3.63, 3.8) is 0 Å². The number of likely N-dealkylation sites (tertiary alicyclic amines) is 1. The lowest BCUT2D eigenvalue weighted by Gasteiger charge is -2.39. The van der Waals surface area contributed by atoms with E-state index in [2.05, 4.69) is 30.7 Å². The Morgan fingerprint density at radius 2 is 2.12 bits per heavy atom. The Morgan fingerprint density at radius 3 is 2.71 bits per heavy atom. The molecule has 1 unspecified atom stereocenters. The summed E-state index contributed by atoms with van der Waals surface area (Å²) in [7, 11) is 0. The molecular weight excluding hydrogens is 347 g/mol. The van der Waals surface area contributed by atoms with E-state index in [0.29, 0.717) is 17.1 Å². The van der Waals surface area contributed by atoms with Crippen LogP contribution in [0.25, 0.3) is 11.0 Å². The molecule has 1 aromatic heterocycles. The highest BCUT2D eigenvalue weighted by Crippen LogP contribution is 2.42. The van der Waals surface area contributed by atoms with Crippen molar-refractivity contribution in [2.24, 2.45) is 5.73 Å². The van der Waals surface area contributed by atoms with Gasteiger partial charge >= 0.3 is 0 Å². The fourth-order valence-corrected chi connectivity index (χ4v) is 3.91. The van der Waals surface area contributed by atoms with Crippen LogP contribution in [0.2, 0.25) is 0 Å². The molecule has 1 aromatic carbocycles. The van der Waals surface area contributed by atoms with Crippen molar-refractivity contribution in [3.05, 3.63) is 29.6 Å². The van der Waals surface area contributed by atoms with E-state index in [1.165, 1.54) is 6.42 Å². The molecule has 0 radical (unpaired) electrons. The summed E-state index contributed by atoms with van der Waals surface area (Å²) in [5, 5.41) is 0. The van der Waals surface area contributed by atoms with E-state index < -0.39 is 5.91 Å². The molecule has 0 bridgehead atoms. The van der Waals surface area contributed by atoms with E-state index in [9.17, 15) is 4.79 Å². The van der Waals surface area contributed by atoms with Gasteiger partial charge in [-0.25, -0.2) is 4.98 Å². The van der Waals surface area contributed by atoms with Crippen molar-refractivity contribution in [1.29, 1.82) is 0 Å². The number of halogens is 2. The Morgan fingerprint density at radius 1 is 1.42 bits per heavy atom. The zero-order valence-corrected chi connectivity index (χ0v) is 16.0. The topological polar surface area (TPSA) is 75.0 Å². The largest absolute Gasteiger partial charge is 0.366 e. The molecule has 3 rings (SSSR count). The normalized spacial score (nSPS) is 20.8. The number of rotatable bonds is 4. The van der Waals surface area contributed by atoms with Gasteiger partial charge in [0.25, 0.3) is 5.91 Å². The van der Waals surface area contributed by atoms with Crippen molar-refractivity contribution in [3.8, 4) is 0 Å². The van der Waals surface area contributed by atoms with Gasteiger partial charge in [-0.1, -0.05) is 13.0 Å². The molecule has 7 heteroatoms. The zero-order chi connectivity index (χ0) is 15.9. The van der Waals surface area contributed by atoms with Crippen molar-refractivity contribution in [1.82, 2.24) is 14.9 Å². The Hall–Kier alpha value is -1.30. The van der Waals surface area contributed by atoms with Gasteiger partial charge in [-0.2, -0.15) is 0 Å². The molecule has 3 N–H and O–H groups in total. The predicted octanol–water partition coefficient (Wildman–Crippen LogP) is 3.61. The summed E-state index contributed by atoms with van der Waals surface area (Å²) >= 11 is 0. The minimum absolute atomic E-state index is 0. The van der Waals surface area contributed by atoms with Gasteiger partial charge in [0.2, 0.25) is 0 Å². The molecule has 1 fully saturated rings. The number of hydrogen-bond acceptors (Lipinski definition) is 3. The van der Waals surface area contributed by atoms with E-state index in [0.717, 1.165) is 30.7 Å². The molecule has 0 saturated carbocycles. The number of carbonyl (C=O) groups is 1. The number of nitrogens with two attached hydrogens (primary N) is 1. The Labute approximate surface area is 155 Å². The van der Waals surface area contributed by atoms with E-state index in [4.69, 9.17) is 10.7 Å². The number of carbonyl (C=O) groups excluding carboxylic acids is 1. The summed E-state index contributed by atoms with van der Waals surface area (Å²) in [6.45, 7) is 7.76. The number of benzene rings is 1. The second kappa shape index (κ2) is 7.72. The number of primary amides is 1. The average molecular weight is 373 g/mol. The van der Waals surface area contributed by atoms with Crippen LogP contribution in [-0.4, -0.2) is 33.4 Å². The van der Waals surface area contributed by atoms with Crippen LogP contribution in [0.15, 0.2) is 18.2 Å². The van der Waals surface area contributed by atoms with E-state index in [1.807, 2.05) is 12.1 Å². The fourth-order valence-electron chi connectivity index (χ4n) is 3.91. The Kier molecular flexibility index (Phi) is 6.67. The van der Waals surface area contributed by atoms with Gasteiger partial charge in [-0.05, 0) is 51.8 Å². The van der Waals surface area contributed by atoms with Gasteiger partial charge < -0.3 is 10.7 Å². The summed E-state index contributed by atoms with van der Waals surface area (Å²) in [5.74, 6) is 0.534. The molecule has 134 valence electrons. The number of nitrogens with one attached hydrogen (secondary N) is 1. The number of hydrogen-bond donors (Lipinski definition) is 2. The lowest BCUT2D eigenvalue weighted by atomic mass is 9.91. The first kappa shape index (κ1) is 20.7. The summed E-state index contributed by atoms with van der Waals surface area (Å²) in [5.41, 5.74) is 7.47. The second-order valence-corrected chi connectivity index (χ2v) is 6.43. The lowest BCUT2D eigenvalue weighted by Crippen LogP contribution is -2.45. The quantitative estimate of drug-likeness (QED) is 0.860. The van der Waals surface area contributed by atoms with E-state index >= 15 is 0 Å². The maximum atomic E-state index is 11.6. The third-order valence-corrected chi connectivity index (χ3v) is 4.97. The van der Waals surface area contributed by atoms with Gasteiger partial charge in [0.05, 0.1) is 16.6 Å². The molecule has 1 aliphatic rings. The molecule has 24 heavy (non-hydrogen) atoms. The molecule has 1 saturated heterocycles. The highest BCUT2D eigenvalue weighted by Gasteiger charge is 2.44. The molecule has 1 aliphatic heterocycles. The summed E-state index contributed by atoms with van der Waals surface area (Å²) < 4.78 is 0. The second-order valence-electron chi connectivity index (χ2n) is 6.43. The Balaban J connectivity index is 0.00000144. The van der Waals surface area contributed by atoms with Crippen molar-refractivity contribution >= 4 is 41.8 Å². The van der Waals surface area contributed by atoms with Crippen LogP contribution in [0.4, 0.5) is 0 Å². The van der Waals surface area contributed by atoms with Crippen molar-refractivity contribution in [2.45, 2.75) is 51.6 Å². The van der Waals surface area contributed by atoms with Crippen LogP contribution in [0.5, 0.6) is 0 Å². The third kappa shape index (κ3) is 3.13. The van der Waals surface area contributed by atoms with Gasteiger partial charge in [0.15, 0.2) is 0 Å². The summed E-state index contributed by atoms with van der Waals surface area (Å²) in [6.07, 6.45) is 3.26. The van der Waals surface area contributed by atoms with Crippen LogP contribution in [0.3, 0.4) is 0 Å². The minimum Gasteiger partial charge on any atom is -0.366 e. The standard InChI is InChI=1S/C17H24N4O.2ClH/c1-4-17(9-6-10-21(17)11(2)3)16-19-13-8-5-7-12(15(18)22)14(13)20-16;;/h5,7-8,11H,4,6,9-10H2,1-3H3,(H2,18,22)(H,19,20);2*1H. The SMILES string of the molecule is CCC1(c2nc3c(C(N)=O)cccc3[nH]2)CCCN1C(C)C.Cl.Cl. The number of imidazole rings is 1. The number of H-pyrrole nitrogens is 1. The first-order valence-electron chi connectivity index (χ1n) is 8.05. The van der Waals surface area contributed by atoms with Gasteiger partial charge in [0.1, 0.15) is 11.3 Å². The first-order chi connectivity index (χ1) is 10.5. The third-order valence-electron chi connectivity index (χ3n) is 4.97. The summed E-state index contributed by atoms with van der Waals surface area (Å²) in [6, 6.07) is 6.00. The average Bonchev–Trinajstić information content (AvgIpc) is 3.10. The zero-order valence-electron chi connectivity index (χ0n) is 14.3. The van der Waals surface area contributed by atoms with Crippen LogP contribution in [-0.2, 0) is 5.54 Å².